The number of morpholine rings is 1. The Balaban J connectivity index is 1.53. The molecule has 3 aliphatic rings. The molecule has 3 atom stereocenters. The highest BCUT2D eigenvalue weighted by atomic mass is 16.5. The number of methoxy groups -OCH3 is 1. The number of esters is 1. The number of carbonyl (C=O) groups excluding carboxylic acids is 1. The summed E-state index contributed by atoms with van der Waals surface area (Å²) < 4.78 is 22.6. The number of rotatable bonds is 6. The Morgan fingerprint density at radius 3 is 2.69 bits per heavy atom. The van der Waals surface area contributed by atoms with Gasteiger partial charge in [0.05, 0.1) is 38.7 Å². The van der Waals surface area contributed by atoms with E-state index in [2.05, 4.69) is 23.1 Å². The quantitative estimate of drug-likeness (QED) is 0.584. The van der Waals surface area contributed by atoms with Crippen molar-refractivity contribution >= 4 is 17.5 Å². The van der Waals surface area contributed by atoms with Crippen LogP contribution in [0.15, 0.2) is 35.5 Å². The minimum atomic E-state index is -0.232. The Morgan fingerprint density at radius 2 is 2.00 bits per heavy atom. The summed E-state index contributed by atoms with van der Waals surface area (Å²) in [6, 6.07) is 8.41. The fraction of sp³-hybridized carbons (Fsp3) is 0.519. The molecule has 1 aromatic heterocycles. The Labute approximate surface area is 206 Å². The maximum Gasteiger partial charge on any atom is 0.302 e. The number of anilines is 1. The maximum atomic E-state index is 11.6. The summed E-state index contributed by atoms with van der Waals surface area (Å²) in [4.78, 5) is 23.9. The van der Waals surface area contributed by atoms with Crippen LogP contribution in [0.1, 0.15) is 55.7 Å². The highest BCUT2D eigenvalue weighted by molar-refractivity contribution is 6.15. The number of fused-ring (bicyclic) bond motifs is 3. The van der Waals surface area contributed by atoms with E-state index in [1.165, 1.54) is 12.5 Å². The summed E-state index contributed by atoms with van der Waals surface area (Å²) in [5.74, 6) is 2.28. The summed E-state index contributed by atoms with van der Waals surface area (Å²) in [5.41, 5.74) is 4.10. The van der Waals surface area contributed by atoms with Gasteiger partial charge in [-0.15, -0.1) is 0 Å². The molecule has 8 nitrogen and oxygen atoms in total. The first-order valence-corrected chi connectivity index (χ1v) is 12.5. The third-order valence-corrected chi connectivity index (χ3v) is 7.04. The molecule has 0 bridgehead atoms. The molecule has 2 fully saturated rings. The van der Waals surface area contributed by atoms with Crippen molar-refractivity contribution in [1.29, 1.82) is 0 Å². The van der Waals surface area contributed by atoms with Gasteiger partial charge in [0.1, 0.15) is 11.9 Å². The number of benzene rings is 1. The number of hydrogen-bond acceptors (Lipinski definition) is 8. The molecule has 2 aliphatic heterocycles. The van der Waals surface area contributed by atoms with Crippen molar-refractivity contribution in [2.45, 2.75) is 51.2 Å². The van der Waals surface area contributed by atoms with E-state index in [9.17, 15) is 4.79 Å². The number of aromatic nitrogens is 1. The molecule has 8 heteroatoms. The predicted octanol–water partition coefficient (Wildman–Crippen LogP) is 3.74. The lowest BCUT2D eigenvalue weighted by atomic mass is 9.74. The number of aliphatic imine (C=N–C) groups is 1. The van der Waals surface area contributed by atoms with Crippen molar-refractivity contribution in [2.24, 2.45) is 4.99 Å². The van der Waals surface area contributed by atoms with Crippen LogP contribution in [0, 0.1) is 0 Å². The van der Waals surface area contributed by atoms with Gasteiger partial charge in [-0.1, -0.05) is 0 Å². The molecule has 0 radical (unpaired) electrons. The molecule has 5 rings (SSSR count). The Hall–Kier alpha value is -3.13. The molecule has 1 saturated heterocycles. The normalized spacial score (nSPS) is 23.6. The smallest absolute Gasteiger partial charge is 0.302 e. The molecular formula is C27H33N3O5. The molecular weight excluding hydrogens is 446 g/mol. The number of nitrogens with zero attached hydrogens (tertiary/aromatic N) is 3. The minimum absolute atomic E-state index is 0.0922. The minimum Gasteiger partial charge on any atom is -0.493 e. The predicted molar refractivity (Wildman–Crippen MR) is 133 cm³/mol. The van der Waals surface area contributed by atoms with E-state index in [4.69, 9.17) is 28.9 Å². The van der Waals surface area contributed by atoms with Gasteiger partial charge in [-0.3, -0.25) is 9.79 Å². The van der Waals surface area contributed by atoms with E-state index in [0.29, 0.717) is 12.4 Å². The van der Waals surface area contributed by atoms with Gasteiger partial charge in [0.15, 0.2) is 11.5 Å². The lowest BCUT2D eigenvalue weighted by Crippen LogP contribution is -2.37. The summed E-state index contributed by atoms with van der Waals surface area (Å²) in [6.07, 6.45) is 4.25. The van der Waals surface area contributed by atoms with Crippen LogP contribution in [0.4, 0.5) is 5.82 Å². The van der Waals surface area contributed by atoms with Crippen molar-refractivity contribution in [2.75, 3.05) is 44.9 Å². The zero-order chi connectivity index (χ0) is 24.4. The van der Waals surface area contributed by atoms with Gasteiger partial charge in [-0.2, -0.15) is 0 Å². The van der Waals surface area contributed by atoms with Crippen LogP contribution in [0.3, 0.4) is 0 Å². The van der Waals surface area contributed by atoms with Gasteiger partial charge in [0.25, 0.3) is 0 Å². The van der Waals surface area contributed by atoms with Gasteiger partial charge in [0.2, 0.25) is 0 Å². The summed E-state index contributed by atoms with van der Waals surface area (Å²) in [5, 5.41) is 0. The average molecular weight is 480 g/mol. The third kappa shape index (κ3) is 4.85. The first-order valence-electron chi connectivity index (χ1n) is 12.5. The molecule has 1 aromatic carbocycles. The Morgan fingerprint density at radius 1 is 1.17 bits per heavy atom. The van der Waals surface area contributed by atoms with E-state index >= 15 is 0 Å². The van der Waals surface area contributed by atoms with Gasteiger partial charge in [0, 0.05) is 43.3 Å². The zero-order valence-corrected chi connectivity index (χ0v) is 20.7. The van der Waals surface area contributed by atoms with Crippen LogP contribution in [0.2, 0.25) is 0 Å². The van der Waals surface area contributed by atoms with Crippen LogP contribution in [-0.2, 0) is 14.3 Å². The van der Waals surface area contributed by atoms with Crippen LogP contribution in [0.25, 0.3) is 0 Å². The van der Waals surface area contributed by atoms with Crippen LogP contribution in [-0.4, -0.2) is 68.8 Å². The zero-order valence-electron chi connectivity index (χ0n) is 20.7. The summed E-state index contributed by atoms with van der Waals surface area (Å²) in [6.45, 7) is 7.14. The molecule has 35 heavy (non-hydrogen) atoms. The Kier molecular flexibility index (Phi) is 6.90. The van der Waals surface area contributed by atoms with E-state index in [0.717, 1.165) is 74.0 Å². The molecule has 0 spiro atoms. The molecule has 0 amide bonds. The number of pyridine rings is 1. The molecule has 1 saturated carbocycles. The molecule has 186 valence electrons. The fourth-order valence-corrected chi connectivity index (χ4v) is 5.43. The summed E-state index contributed by atoms with van der Waals surface area (Å²) in [7, 11) is 1.66. The molecule has 3 unspecified atom stereocenters. The van der Waals surface area contributed by atoms with Gasteiger partial charge < -0.3 is 23.8 Å². The molecule has 0 N–H and O–H groups in total. The SMILES string of the molecule is CCOc1cc2c(cc1OC)C(c1ccc(N3CCOCC3)nc1)=NC1CCC(OC(C)=O)CC21. The first-order chi connectivity index (χ1) is 17.1. The van der Waals surface area contributed by atoms with E-state index < -0.39 is 0 Å². The highest BCUT2D eigenvalue weighted by Crippen LogP contribution is 2.45. The standard InChI is InChI=1S/C27H33N3O5/c1-4-34-25-14-20-21-13-19(35-17(2)31)6-7-23(21)29-27(22(20)15-24(25)32-3)18-5-8-26(28-16-18)30-9-11-33-12-10-30/h5,8,14-16,19,21,23H,4,6-7,9-13H2,1-3H3. The first kappa shape index (κ1) is 23.6. The van der Waals surface area contributed by atoms with E-state index in [1.807, 2.05) is 19.2 Å². The number of carbonyl (C=O) groups is 1. The van der Waals surface area contributed by atoms with Crippen molar-refractivity contribution in [1.82, 2.24) is 4.98 Å². The van der Waals surface area contributed by atoms with Crippen molar-refractivity contribution < 1.29 is 23.7 Å². The maximum absolute atomic E-state index is 11.6. The van der Waals surface area contributed by atoms with Gasteiger partial charge in [-0.25, -0.2) is 4.98 Å². The van der Waals surface area contributed by atoms with Gasteiger partial charge in [-0.05, 0) is 56.0 Å². The molecule has 1 aliphatic carbocycles. The molecule has 2 aromatic rings. The lowest BCUT2D eigenvalue weighted by molar-refractivity contribution is -0.148. The second kappa shape index (κ2) is 10.2. The topological polar surface area (TPSA) is 82.5 Å². The van der Waals surface area contributed by atoms with Crippen molar-refractivity contribution in [3.05, 3.63) is 47.2 Å². The highest BCUT2D eigenvalue weighted by Gasteiger charge is 2.38. The molecule has 3 heterocycles. The number of ether oxygens (including phenoxy) is 4. The average Bonchev–Trinajstić information content (AvgIpc) is 2.88. The second-order valence-electron chi connectivity index (χ2n) is 9.22. The van der Waals surface area contributed by atoms with Crippen LogP contribution >= 0.6 is 0 Å². The Bertz CT molecular complexity index is 1090. The monoisotopic (exact) mass is 479 g/mol. The second-order valence-corrected chi connectivity index (χ2v) is 9.22. The van der Waals surface area contributed by atoms with Crippen LogP contribution in [0.5, 0.6) is 11.5 Å². The fourth-order valence-electron chi connectivity index (χ4n) is 5.43. The third-order valence-electron chi connectivity index (χ3n) is 7.04. The number of hydrogen-bond donors (Lipinski definition) is 0. The largest absolute Gasteiger partial charge is 0.493 e. The van der Waals surface area contributed by atoms with Crippen LogP contribution < -0.4 is 14.4 Å². The van der Waals surface area contributed by atoms with Gasteiger partial charge >= 0.3 is 5.97 Å². The van der Waals surface area contributed by atoms with E-state index in [-0.39, 0.29) is 24.0 Å². The van der Waals surface area contributed by atoms with Crippen molar-refractivity contribution in [3.63, 3.8) is 0 Å². The summed E-state index contributed by atoms with van der Waals surface area (Å²) >= 11 is 0. The van der Waals surface area contributed by atoms with Crippen molar-refractivity contribution in [3.8, 4) is 11.5 Å². The lowest BCUT2D eigenvalue weighted by Gasteiger charge is -2.38. The van der Waals surface area contributed by atoms with E-state index in [1.54, 1.807) is 7.11 Å².